The highest BCUT2D eigenvalue weighted by Gasteiger charge is 2.41. The highest BCUT2D eigenvalue weighted by Crippen LogP contribution is 2.42. The maximum absolute atomic E-state index is 13.3. The van der Waals surface area contributed by atoms with Gasteiger partial charge in [-0.3, -0.25) is 0 Å². The van der Waals surface area contributed by atoms with E-state index in [1.807, 2.05) is 0 Å². The van der Waals surface area contributed by atoms with Gasteiger partial charge in [-0.15, -0.1) is 4.33 Å². The molecule has 0 aliphatic carbocycles. The molecule has 1 aromatic rings. The SMILES string of the molecule is Cc1c(F)c(F)c(SOOO)c(C(F)(F)F)c1F. The molecule has 0 spiro atoms. The number of rotatable bonds is 3. The van der Waals surface area contributed by atoms with E-state index in [1.165, 1.54) is 0 Å². The molecule has 0 bridgehead atoms. The van der Waals surface area contributed by atoms with Crippen LogP contribution in [0.25, 0.3) is 0 Å². The van der Waals surface area contributed by atoms with E-state index in [1.54, 1.807) is 0 Å². The van der Waals surface area contributed by atoms with Gasteiger partial charge in [-0.25, -0.2) is 18.4 Å². The lowest BCUT2D eigenvalue weighted by Gasteiger charge is -2.15. The number of alkyl halides is 3. The van der Waals surface area contributed by atoms with Crippen LogP contribution in [0.5, 0.6) is 0 Å². The van der Waals surface area contributed by atoms with Crippen molar-refractivity contribution in [1.29, 1.82) is 0 Å². The molecule has 1 rings (SSSR count). The van der Waals surface area contributed by atoms with Crippen molar-refractivity contribution >= 4 is 12.0 Å². The molecular formula is C8H4F6O3S. The van der Waals surface area contributed by atoms with Gasteiger partial charge in [0.1, 0.15) is 11.4 Å². The zero-order valence-corrected chi connectivity index (χ0v) is 9.26. The van der Waals surface area contributed by atoms with Gasteiger partial charge in [0.2, 0.25) is 0 Å². The summed E-state index contributed by atoms with van der Waals surface area (Å²) in [5, 5.41) is 10.7. The van der Waals surface area contributed by atoms with Gasteiger partial charge in [-0.05, 0) is 6.92 Å². The zero-order valence-electron chi connectivity index (χ0n) is 8.44. The van der Waals surface area contributed by atoms with Crippen molar-refractivity contribution in [2.45, 2.75) is 18.0 Å². The average molecular weight is 294 g/mol. The van der Waals surface area contributed by atoms with Crippen molar-refractivity contribution in [1.82, 2.24) is 0 Å². The Morgan fingerprint density at radius 2 is 1.61 bits per heavy atom. The lowest BCUT2D eigenvalue weighted by molar-refractivity contribution is -0.432. The van der Waals surface area contributed by atoms with Crippen LogP contribution < -0.4 is 0 Å². The summed E-state index contributed by atoms with van der Waals surface area (Å²) >= 11 is -0.510. The van der Waals surface area contributed by atoms with E-state index in [2.05, 4.69) is 9.37 Å². The van der Waals surface area contributed by atoms with Gasteiger partial charge >= 0.3 is 6.18 Å². The fourth-order valence-electron chi connectivity index (χ4n) is 1.14. The Morgan fingerprint density at radius 3 is 2.06 bits per heavy atom. The molecule has 0 unspecified atom stereocenters. The molecular weight excluding hydrogens is 290 g/mol. The summed E-state index contributed by atoms with van der Waals surface area (Å²) in [6.07, 6.45) is -5.27. The standard InChI is InChI=1S/C8H4F6O3S/c1-2-4(9)3(8(12,13)14)7(18-17-16-15)6(11)5(2)10/h15H,1H3. The summed E-state index contributed by atoms with van der Waals surface area (Å²) in [7, 11) is 0. The maximum Gasteiger partial charge on any atom is 0.420 e. The molecule has 0 saturated carbocycles. The topological polar surface area (TPSA) is 38.7 Å². The smallest absolute Gasteiger partial charge is 0.220 e. The molecule has 18 heavy (non-hydrogen) atoms. The highest BCUT2D eigenvalue weighted by molar-refractivity contribution is 7.94. The third-order valence-electron chi connectivity index (χ3n) is 1.93. The molecule has 0 aromatic heterocycles. The van der Waals surface area contributed by atoms with Crippen LogP contribution in [0, 0.1) is 24.4 Å². The van der Waals surface area contributed by atoms with Gasteiger partial charge in [0.25, 0.3) is 0 Å². The van der Waals surface area contributed by atoms with Gasteiger partial charge in [0.15, 0.2) is 11.6 Å². The predicted molar refractivity (Wildman–Crippen MR) is 46.7 cm³/mol. The van der Waals surface area contributed by atoms with Crippen LogP contribution in [0.4, 0.5) is 26.3 Å². The predicted octanol–water partition coefficient (Wildman–Crippen LogP) is 3.86. The second-order valence-corrected chi connectivity index (χ2v) is 3.71. The molecule has 0 aliphatic rings. The van der Waals surface area contributed by atoms with E-state index in [0.717, 1.165) is 0 Å². The first-order chi connectivity index (χ1) is 8.21. The van der Waals surface area contributed by atoms with Crippen molar-refractivity contribution in [3.05, 3.63) is 28.6 Å². The first kappa shape index (κ1) is 15.1. The summed E-state index contributed by atoms with van der Waals surface area (Å²) in [6, 6.07) is 0. The van der Waals surface area contributed by atoms with Crippen molar-refractivity contribution in [2.24, 2.45) is 0 Å². The summed E-state index contributed by atoms with van der Waals surface area (Å²) in [6.45, 7) is 0.654. The van der Waals surface area contributed by atoms with Crippen molar-refractivity contribution in [2.75, 3.05) is 0 Å². The minimum Gasteiger partial charge on any atom is -0.220 e. The van der Waals surface area contributed by atoms with E-state index >= 15 is 0 Å². The van der Waals surface area contributed by atoms with Gasteiger partial charge in [-0.2, -0.15) is 13.2 Å². The van der Waals surface area contributed by atoms with Crippen LogP contribution in [0.15, 0.2) is 4.90 Å². The number of halogens is 6. The Kier molecular flexibility index (Phi) is 4.48. The third-order valence-corrected chi connectivity index (χ3v) is 2.61. The monoisotopic (exact) mass is 294 g/mol. The first-order valence-electron chi connectivity index (χ1n) is 4.10. The second kappa shape index (κ2) is 5.34. The van der Waals surface area contributed by atoms with E-state index in [-0.39, 0.29) is 0 Å². The van der Waals surface area contributed by atoms with Crippen LogP contribution in [0.3, 0.4) is 0 Å². The third kappa shape index (κ3) is 2.71. The molecule has 10 heteroatoms. The van der Waals surface area contributed by atoms with Crippen LogP contribution in [0.1, 0.15) is 11.1 Å². The van der Waals surface area contributed by atoms with Crippen molar-refractivity contribution in [3.63, 3.8) is 0 Å². The van der Waals surface area contributed by atoms with Gasteiger partial charge in [-0.1, -0.05) is 5.04 Å². The Balaban J connectivity index is 3.54. The molecule has 3 nitrogen and oxygen atoms in total. The number of benzene rings is 1. The first-order valence-corrected chi connectivity index (χ1v) is 4.85. The minimum atomic E-state index is -5.27. The van der Waals surface area contributed by atoms with Crippen molar-refractivity contribution < 1.29 is 41.0 Å². The minimum absolute atomic E-state index is 0.510. The summed E-state index contributed by atoms with van der Waals surface area (Å²) in [5.74, 6) is -5.71. The quantitative estimate of drug-likeness (QED) is 0.302. The molecule has 1 N–H and O–H groups in total. The fourth-order valence-corrected chi connectivity index (χ4v) is 1.69. The maximum atomic E-state index is 13.3. The second-order valence-electron chi connectivity index (χ2n) is 2.99. The van der Waals surface area contributed by atoms with E-state index in [9.17, 15) is 26.3 Å². The largest absolute Gasteiger partial charge is 0.420 e. The summed E-state index contributed by atoms with van der Waals surface area (Å²) < 4.78 is 80.9. The van der Waals surface area contributed by atoms with E-state index < -0.39 is 51.7 Å². The number of hydrogen-bond acceptors (Lipinski definition) is 4. The van der Waals surface area contributed by atoms with Crippen molar-refractivity contribution in [3.8, 4) is 0 Å². The summed E-state index contributed by atoms with van der Waals surface area (Å²) in [5.41, 5.74) is -3.16. The Hall–Kier alpha value is -0.970. The average Bonchev–Trinajstić information content (AvgIpc) is 2.27. The number of hydrogen-bond donors (Lipinski definition) is 1. The van der Waals surface area contributed by atoms with E-state index in [0.29, 0.717) is 6.92 Å². The molecule has 0 heterocycles. The van der Waals surface area contributed by atoms with Crippen LogP contribution >= 0.6 is 12.0 Å². The van der Waals surface area contributed by atoms with Gasteiger partial charge < -0.3 is 0 Å². The molecule has 1 aromatic carbocycles. The van der Waals surface area contributed by atoms with Crippen LogP contribution in [-0.4, -0.2) is 5.26 Å². The molecule has 0 aliphatic heterocycles. The normalized spacial score (nSPS) is 12.0. The van der Waals surface area contributed by atoms with Gasteiger partial charge in [0, 0.05) is 5.56 Å². The Morgan fingerprint density at radius 1 is 1.06 bits per heavy atom. The zero-order chi connectivity index (χ0) is 14.1. The highest BCUT2D eigenvalue weighted by atomic mass is 32.2. The summed E-state index contributed by atoms with van der Waals surface area (Å²) in [4.78, 5) is -1.52. The molecule has 0 saturated heterocycles. The Labute approximate surface area is 100 Å². The van der Waals surface area contributed by atoms with Crippen LogP contribution in [0.2, 0.25) is 0 Å². The molecule has 0 atom stereocenters. The molecule has 0 fully saturated rings. The Bertz CT molecular complexity index is 461. The van der Waals surface area contributed by atoms with Gasteiger partial charge in [0.05, 0.1) is 16.9 Å². The molecule has 0 radical (unpaired) electrons. The van der Waals surface area contributed by atoms with E-state index in [4.69, 9.17) is 5.26 Å². The molecule has 0 amide bonds. The lowest BCUT2D eigenvalue weighted by atomic mass is 10.1. The fraction of sp³-hybridized carbons (Fsp3) is 0.250. The lowest BCUT2D eigenvalue weighted by Crippen LogP contribution is -2.14. The molecule has 102 valence electrons. The van der Waals surface area contributed by atoms with Crippen LogP contribution in [-0.2, 0) is 15.5 Å².